The minimum Gasteiger partial charge on any atom is -0.354 e. The average molecular weight is 405 g/mol. The van der Waals surface area contributed by atoms with Gasteiger partial charge in [-0.25, -0.2) is 4.98 Å². The van der Waals surface area contributed by atoms with Gasteiger partial charge in [0.05, 0.1) is 6.54 Å². The number of nitrogens with zero attached hydrogens (tertiary/aromatic N) is 4. The predicted octanol–water partition coefficient (Wildman–Crippen LogP) is 3.53. The van der Waals surface area contributed by atoms with E-state index in [-0.39, 0.29) is 5.91 Å². The summed E-state index contributed by atoms with van der Waals surface area (Å²) in [5, 5.41) is 7.34. The Balaban J connectivity index is 1.31. The Hall–Kier alpha value is -2.93. The number of nitrogens with one attached hydrogen (secondary N) is 2. The Kier molecular flexibility index (Phi) is 5.12. The standard InChI is InChI=1S/C23H28N6O/c1-16-13-29(19-4-2-3-5-19)22-20(16)12-25-23(27-22)26-18-8-6-17(7-9-18)14-28-11-10-24-21(30)15-28/h6-9,12-13,19H,2-5,10-11,14-15H2,1H3,(H,24,30)(H,25,26,27). The van der Waals surface area contributed by atoms with Crippen molar-refractivity contribution < 1.29 is 4.79 Å². The highest BCUT2D eigenvalue weighted by molar-refractivity contribution is 5.81. The zero-order valence-electron chi connectivity index (χ0n) is 17.4. The van der Waals surface area contributed by atoms with Gasteiger partial charge in [-0.2, -0.15) is 4.98 Å². The fourth-order valence-electron chi connectivity index (χ4n) is 4.62. The molecule has 3 aromatic rings. The first-order chi connectivity index (χ1) is 14.7. The summed E-state index contributed by atoms with van der Waals surface area (Å²) < 4.78 is 2.35. The van der Waals surface area contributed by atoms with Gasteiger partial charge in [0.1, 0.15) is 5.65 Å². The monoisotopic (exact) mass is 404 g/mol. The lowest BCUT2D eigenvalue weighted by Crippen LogP contribution is -2.47. The van der Waals surface area contributed by atoms with E-state index in [1.54, 1.807) is 0 Å². The van der Waals surface area contributed by atoms with Crippen molar-refractivity contribution in [2.45, 2.75) is 45.2 Å². The number of fused-ring (bicyclic) bond motifs is 1. The van der Waals surface area contributed by atoms with Gasteiger partial charge in [0, 0.05) is 49.1 Å². The maximum atomic E-state index is 11.5. The number of carbonyl (C=O) groups is 1. The van der Waals surface area contributed by atoms with E-state index >= 15 is 0 Å². The van der Waals surface area contributed by atoms with Gasteiger partial charge >= 0.3 is 0 Å². The first-order valence-electron chi connectivity index (χ1n) is 10.8. The summed E-state index contributed by atoms with van der Waals surface area (Å²) in [5.41, 5.74) is 4.42. The summed E-state index contributed by atoms with van der Waals surface area (Å²) in [6, 6.07) is 8.85. The van der Waals surface area contributed by atoms with Crippen LogP contribution in [-0.4, -0.2) is 45.0 Å². The molecule has 1 saturated carbocycles. The van der Waals surface area contributed by atoms with E-state index in [1.165, 1.54) is 36.8 Å². The second kappa shape index (κ2) is 8.07. The molecule has 156 valence electrons. The van der Waals surface area contributed by atoms with E-state index in [4.69, 9.17) is 4.98 Å². The SMILES string of the molecule is Cc1cn(C2CCCC2)c2nc(Nc3ccc(CN4CCNC(=O)C4)cc3)ncc12. The molecular formula is C23H28N6O. The Bertz CT molecular complexity index is 1050. The number of rotatable bonds is 5. The van der Waals surface area contributed by atoms with E-state index in [2.05, 4.69) is 50.3 Å². The van der Waals surface area contributed by atoms with Gasteiger partial charge in [-0.05, 0) is 43.0 Å². The molecule has 0 spiro atoms. The van der Waals surface area contributed by atoms with Crippen LogP contribution in [0.15, 0.2) is 36.7 Å². The average Bonchev–Trinajstić information content (AvgIpc) is 3.38. The van der Waals surface area contributed by atoms with Crippen molar-refractivity contribution in [3.8, 4) is 0 Å². The van der Waals surface area contributed by atoms with Crippen molar-refractivity contribution in [3.05, 3.63) is 47.8 Å². The quantitative estimate of drug-likeness (QED) is 0.680. The van der Waals surface area contributed by atoms with Crippen LogP contribution in [0.2, 0.25) is 0 Å². The van der Waals surface area contributed by atoms with E-state index in [0.29, 0.717) is 18.5 Å². The lowest BCUT2D eigenvalue weighted by molar-refractivity contribution is -0.124. The molecule has 2 aliphatic rings. The zero-order valence-corrected chi connectivity index (χ0v) is 17.4. The normalized spacial score (nSPS) is 18.1. The minimum absolute atomic E-state index is 0.102. The van der Waals surface area contributed by atoms with Crippen molar-refractivity contribution in [3.63, 3.8) is 0 Å². The van der Waals surface area contributed by atoms with Crippen LogP contribution >= 0.6 is 0 Å². The smallest absolute Gasteiger partial charge is 0.234 e. The maximum absolute atomic E-state index is 11.5. The van der Waals surface area contributed by atoms with Gasteiger partial charge < -0.3 is 15.2 Å². The summed E-state index contributed by atoms with van der Waals surface area (Å²) in [5.74, 6) is 0.727. The van der Waals surface area contributed by atoms with Crippen molar-refractivity contribution in [1.82, 2.24) is 24.8 Å². The third-order valence-corrected chi connectivity index (χ3v) is 6.22. The summed E-state index contributed by atoms with van der Waals surface area (Å²) >= 11 is 0. The molecule has 30 heavy (non-hydrogen) atoms. The Morgan fingerprint density at radius 2 is 2.00 bits per heavy atom. The molecule has 3 heterocycles. The number of benzene rings is 1. The summed E-state index contributed by atoms with van der Waals surface area (Å²) in [6.07, 6.45) is 9.23. The Morgan fingerprint density at radius 1 is 1.20 bits per heavy atom. The highest BCUT2D eigenvalue weighted by Crippen LogP contribution is 2.33. The number of carbonyl (C=O) groups excluding carboxylic acids is 1. The molecular weight excluding hydrogens is 376 g/mol. The van der Waals surface area contributed by atoms with E-state index < -0.39 is 0 Å². The van der Waals surface area contributed by atoms with Crippen LogP contribution in [0, 0.1) is 6.92 Å². The van der Waals surface area contributed by atoms with E-state index in [0.717, 1.165) is 36.4 Å². The number of aryl methyl sites for hydroxylation is 1. The molecule has 1 aliphatic carbocycles. The molecule has 7 heteroatoms. The number of amides is 1. The van der Waals surface area contributed by atoms with Gasteiger partial charge in [-0.15, -0.1) is 0 Å². The molecule has 5 rings (SSSR count). The topological polar surface area (TPSA) is 75.1 Å². The van der Waals surface area contributed by atoms with Gasteiger partial charge in [0.2, 0.25) is 11.9 Å². The molecule has 2 N–H and O–H groups in total. The van der Waals surface area contributed by atoms with Crippen LogP contribution in [0.4, 0.5) is 11.6 Å². The van der Waals surface area contributed by atoms with Crippen LogP contribution in [0.1, 0.15) is 42.9 Å². The third kappa shape index (κ3) is 3.89. The molecule has 0 unspecified atom stereocenters. The molecule has 2 fully saturated rings. The van der Waals surface area contributed by atoms with Gasteiger partial charge in [0.15, 0.2) is 0 Å². The summed E-state index contributed by atoms with van der Waals surface area (Å²) in [7, 11) is 0. The predicted molar refractivity (Wildman–Crippen MR) is 118 cm³/mol. The molecule has 1 saturated heterocycles. The lowest BCUT2D eigenvalue weighted by Gasteiger charge is -2.26. The summed E-state index contributed by atoms with van der Waals surface area (Å²) in [6.45, 7) is 4.99. The lowest BCUT2D eigenvalue weighted by atomic mass is 10.2. The first-order valence-corrected chi connectivity index (χ1v) is 10.8. The zero-order chi connectivity index (χ0) is 20.5. The van der Waals surface area contributed by atoms with Crippen LogP contribution in [0.5, 0.6) is 0 Å². The first kappa shape index (κ1) is 19.1. The van der Waals surface area contributed by atoms with Crippen molar-refractivity contribution in [2.75, 3.05) is 25.0 Å². The van der Waals surface area contributed by atoms with Crippen LogP contribution in [0.3, 0.4) is 0 Å². The molecule has 1 amide bonds. The number of hydrogen-bond acceptors (Lipinski definition) is 5. The van der Waals surface area contributed by atoms with Crippen LogP contribution in [-0.2, 0) is 11.3 Å². The minimum atomic E-state index is 0.102. The fourth-order valence-corrected chi connectivity index (χ4v) is 4.62. The van der Waals surface area contributed by atoms with E-state index in [1.807, 2.05) is 18.3 Å². The second-order valence-electron chi connectivity index (χ2n) is 8.47. The second-order valence-corrected chi connectivity index (χ2v) is 8.47. The third-order valence-electron chi connectivity index (χ3n) is 6.22. The highest BCUT2D eigenvalue weighted by atomic mass is 16.2. The van der Waals surface area contributed by atoms with Crippen LogP contribution in [0.25, 0.3) is 11.0 Å². The fraction of sp³-hybridized carbons (Fsp3) is 0.435. The molecule has 7 nitrogen and oxygen atoms in total. The van der Waals surface area contributed by atoms with Gasteiger partial charge in [-0.3, -0.25) is 9.69 Å². The number of hydrogen-bond donors (Lipinski definition) is 2. The van der Waals surface area contributed by atoms with Gasteiger partial charge in [0.25, 0.3) is 0 Å². The summed E-state index contributed by atoms with van der Waals surface area (Å²) in [4.78, 5) is 23.1. The highest BCUT2D eigenvalue weighted by Gasteiger charge is 2.20. The van der Waals surface area contributed by atoms with E-state index in [9.17, 15) is 4.79 Å². The van der Waals surface area contributed by atoms with Crippen molar-refractivity contribution in [2.24, 2.45) is 0 Å². The molecule has 0 radical (unpaired) electrons. The Labute approximate surface area is 176 Å². The number of piperazine rings is 1. The van der Waals surface area contributed by atoms with Crippen LogP contribution < -0.4 is 10.6 Å². The van der Waals surface area contributed by atoms with Crippen molar-refractivity contribution >= 4 is 28.6 Å². The maximum Gasteiger partial charge on any atom is 0.234 e. The molecule has 1 aliphatic heterocycles. The molecule has 0 atom stereocenters. The molecule has 1 aromatic carbocycles. The van der Waals surface area contributed by atoms with Crippen molar-refractivity contribution in [1.29, 1.82) is 0 Å². The molecule has 2 aromatic heterocycles. The van der Waals surface area contributed by atoms with Gasteiger partial charge in [-0.1, -0.05) is 25.0 Å². The molecule has 0 bridgehead atoms. The number of aromatic nitrogens is 3. The largest absolute Gasteiger partial charge is 0.354 e. The number of anilines is 2. The Morgan fingerprint density at radius 3 is 2.77 bits per heavy atom.